The Kier molecular flexibility index (Phi) is 9.61. The van der Waals surface area contributed by atoms with Gasteiger partial charge in [-0.15, -0.1) is 12.3 Å². The topological polar surface area (TPSA) is 9.23 Å². The lowest BCUT2D eigenvalue weighted by Crippen LogP contribution is -1.98. The third-order valence-electron chi connectivity index (χ3n) is 3.06. The standard InChI is InChI=1S/C17H23IO/c1-2-3-4-5-6-7-8-9-12-15-19-17-14-11-10-13-16(17)18/h1,10-11,13-14H,3-9,12,15H2. The summed E-state index contributed by atoms with van der Waals surface area (Å²) in [7, 11) is 0. The molecule has 104 valence electrons. The summed E-state index contributed by atoms with van der Waals surface area (Å²) < 4.78 is 6.96. The zero-order valence-electron chi connectivity index (χ0n) is 11.5. The van der Waals surface area contributed by atoms with Gasteiger partial charge in [0.2, 0.25) is 0 Å². The fourth-order valence-corrected chi connectivity index (χ4v) is 2.50. The molecule has 0 heterocycles. The monoisotopic (exact) mass is 370 g/mol. The molecule has 2 heteroatoms. The molecule has 0 aliphatic carbocycles. The van der Waals surface area contributed by atoms with Crippen LogP contribution in [0.5, 0.6) is 5.75 Å². The van der Waals surface area contributed by atoms with Crippen molar-refractivity contribution in [2.24, 2.45) is 0 Å². The molecule has 0 atom stereocenters. The number of halogens is 1. The van der Waals surface area contributed by atoms with Crippen LogP contribution in [-0.4, -0.2) is 6.61 Å². The predicted molar refractivity (Wildman–Crippen MR) is 90.4 cm³/mol. The van der Waals surface area contributed by atoms with Crippen molar-refractivity contribution in [3.05, 3.63) is 27.8 Å². The van der Waals surface area contributed by atoms with Crippen molar-refractivity contribution in [2.75, 3.05) is 6.61 Å². The second-order valence-corrected chi connectivity index (χ2v) is 5.87. The highest BCUT2D eigenvalue weighted by molar-refractivity contribution is 14.1. The van der Waals surface area contributed by atoms with E-state index in [-0.39, 0.29) is 0 Å². The maximum atomic E-state index is 5.77. The van der Waals surface area contributed by atoms with E-state index in [1.54, 1.807) is 0 Å². The molecule has 1 rings (SSSR count). The van der Waals surface area contributed by atoms with Crippen LogP contribution in [0, 0.1) is 15.9 Å². The normalized spacial score (nSPS) is 10.1. The van der Waals surface area contributed by atoms with Gasteiger partial charge < -0.3 is 4.74 Å². The SMILES string of the molecule is C#CCCCCCCCCCOc1ccccc1I. The average Bonchev–Trinajstić information content (AvgIpc) is 2.43. The highest BCUT2D eigenvalue weighted by Gasteiger charge is 1.98. The van der Waals surface area contributed by atoms with Crippen molar-refractivity contribution in [2.45, 2.75) is 51.4 Å². The van der Waals surface area contributed by atoms with Crippen LogP contribution in [0.1, 0.15) is 51.4 Å². The van der Waals surface area contributed by atoms with Gasteiger partial charge in [0.1, 0.15) is 5.75 Å². The third kappa shape index (κ3) is 8.15. The Balaban J connectivity index is 1.92. The molecular weight excluding hydrogens is 347 g/mol. The van der Waals surface area contributed by atoms with E-state index in [2.05, 4.69) is 34.6 Å². The van der Waals surface area contributed by atoms with E-state index in [4.69, 9.17) is 11.2 Å². The van der Waals surface area contributed by atoms with E-state index in [0.717, 1.165) is 25.2 Å². The van der Waals surface area contributed by atoms with Crippen molar-refractivity contribution in [1.82, 2.24) is 0 Å². The van der Waals surface area contributed by atoms with Crippen LogP contribution in [0.4, 0.5) is 0 Å². The van der Waals surface area contributed by atoms with Gasteiger partial charge in [-0.3, -0.25) is 0 Å². The van der Waals surface area contributed by atoms with Gasteiger partial charge in [0.15, 0.2) is 0 Å². The average molecular weight is 370 g/mol. The molecule has 1 nitrogen and oxygen atoms in total. The van der Waals surface area contributed by atoms with Gasteiger partial charge in [-0.1, -0.05) is 44.2 Å². The summed E-state index contributed by atoms with van der Waals surface area (Å²) in [6, 6.07) is 8.17. The molecule has 0 radical (unpaired) electrons. The van der Waals surface area contributed by atoms with Gasteiger partial charge in [-0.05, 0) is 47.6 Å². The number of ether oxygens (including phenoxy) is 1. The molecule has 0 unspecified atom stereocenters. The molecule has 0 amide bonds. The first-order chi connectivity index (χ1) is 9.34. The second kappa shape index (κ2) is 11.2. The molecule has 19 heavy (non-hydrogen) atoms. The van der Waals surface area contributed by atoms with Crippen LogP contribution in [0.2, 0.25) is 0 Å². The minimum Gasteiger partial charge on any atom is -0.492 e. The number of hydrogen-bond acceptors (Lipinski definition) is 1. The molecule has 0 saturated carbocycles. The number of terminal acetylenes is 1. The summed E-state index contributed by atoms with van der Waals surface area (Å²) in [5.74, 6) is 3.70. The zero-order chi connectivity index (χ0) is 13.8. The molecule has 0 saturated heterocycles. The zero-order valence-corrected chi connectivity index (χ0v) is 13.7. The van der Waals surface area contributed by atoms with Crippen LogP contribution in [0.3, 0.4) is 0 Å². The number of rotatable bonds is 10. The molecule has 0 aliphatic heterocycles. The summed E-state index contributed by atoms with van der Waals surface area (Å²) in [5, 5.41) is 0. The maximum absolute atomic E-state index is 5.77. The van der Waals surface area contributed by atoms with Crippen molar-refractivity contribution in [1.29, 1.82) is 0 Å². The van der Waals surface area contributed by atoms with Crippen molar-refractivity contribution in [3.8, 4) is 18.1 Å². The van der Waals surface area contributed by atoms with E-state index in [1.165, 1.54) is 42.1 Å². The highest BCUT2D eigenvalue weighted by atomic mass is 127. The van der Waals surface area contributed by atoms with Gasteiger partial charge in [0.25, 0.3) is 0 Å². The molecule has 0 bridgehead atoms. The van der Waals surface area contributed by atoms with E-state index in [1.807, 2.05) is 18.2 Å². The first-order valence-electron chi connectivity index (χ1n) is 7.15. The lowest BCUT2D eigenvalue weighted by Gasteiger charge is -2.07. The Hall–Kier alpha value is -0.690. The Bertz CT molecular complexity index is 381. The highest BCUT2D eigenvalue weighted by Crippen LogP contribution is 2.20. The smallest absolute Gasteiger partial charge is 0.132 e. The van der Waals surface area contributed by atoms with Gasteiger partial charge >= 0.3 is 0 Å². The first kappa shape index (κ1) is 16.4. The first-order valence-corrected chi connectivity index (χ1v) is 8.23. The molecule has 0 aromatic heterocycles. The van der Waals surface area contributed by atoms with Crippen LogP contribution in [-0.2, 0) is 0 Å². The molecule has 0 aliphatic rings. The fourth-order valence-electron chi connectivity index (χ4n) is 1.96. The lowest BCUT2D eigenvalue weighted by molar-refractivity contribution is 0.302. The Morgan fingerprint density at radius 3 is 2.26 bits per heavy atom. The quantitative estimate of drug-likeness (QED) is 0.303. The van der Waals surface area contributed by atoms with Crippen molar-refractivity contribution < 1.29 is 4.74 Å². The molecule has 0 fully saturated rings. The van der Waals surface area contributed by atoms with E-state index in [0.29, 0.717) is 0 Å². The molecule has 0 spiro atoms. The Labute approximate surface area is 131 Å². The Morgan fingerprint density at radius 2 is 1.58 bits per heavy atom. The maximum Gasteiger partial charge on any atom is 0.132 e. The van der Waals surface area contributed by atoms with Crippen LogP contribution in [0.15, 0.2) is 24.3 Å². The number of unbranched alkanes of at least 4 members (excludes halogenated alkanes) is 7. The van der Waals surface area contributed by atoms with E-state index >= 15 is 0 Å². The van der Waals surface area contributed by atoms with Gasteiger partial charge in [0, 0.05) is 6.42 Å². The summed E-state index contributed by atoms with van der Waals surface area (Å²) >= 11 is 2.31. The molecule has 1 aromatic rings. The summed E-state index contributed by atoms with van der Waals surface area (Å²) in [6.45, 7) is 0.830. The Morgan fingerprint density at radius 1 is 0.947 bits per heavy atom. The van der Waals surface area contributed by atoms with Gasteiger partial charge in [-0.25, -0.2) is 0 Å². The number of benzene rings is 1. The van der Waals surface area contributed by atoms with Crippen molar-refractivity contribution in [3.63, 3.8) is 0 Å². The fraction of sp³-hybridized carbons (Fsp3) is 0.529. The van der Waals surface area contributed by atoms with Crippen molar-refractivity contribution >= 4 is 22.6 Å². The minimum absolute atomic E-state index is 0.830. The molecule has 1 aromatic carbocycles. The largest absolute Gasteiger partial charge is 0.492 e. The summed E-state index contributed by atoms with van der Waals surface area (Å²) in [4.78, 5) is 0. The lowest BCUT2D eigenvalue weighted by atomic mass is 10.1. The van der Waals surface area contributed by atoms with Crippen LogP contribution < -0.4 is 4.74 Å². The third-order valence-corrected chi connectivity index (χ3v) is 3.95. The predicted octanol–water partition coefficient (Wildman–Crippen LogP) is 5.42. The number of para-hydroxylation sites is 1. The van der Waals surface area contributed by atoms with Crippen LogP contribution in [0.25, 0.3) is 0 Å². The van der Waals surface area contributed by atoms with Gasteiger partial charge in [-0.2, -0.15) is 0 Å². The van der Waals surface area contributed by atoms with Crippen LogP contribution >= 0.6 is 22.6 Å². The van der Waals surface area contributed by atoms with Gasteiger partial charge in [0.05, 0.1) is 10.2 Å². The molecule has 0 N–H and O–H groups in total. The number of hydrogen-bond donors (Lipinski definition) is 0. The summed E-state index contributed by atoms with van der Waals surface area (Å²) in [5.41, 5.74) is 0. The molecular formula is C17H23IO. The van der Waals surface area contributed by atoms with E-state index in [9.17, 15) is 0 Å². The second-order valence-electron chi connectivity index (χ2n) is 4.71. The minimum atomic E-state index is 0.830. The summed E-state index contributed by atoms with van der Waals surface area (Å²) in [6.07, 6.45) is 15.0. The van der Waals surface area contributed by atoms with E-state index < -0.39 is 0 Å².